The lowest BCUT2D eigenvalue weighted by Gasteiger charge is -2.17. The molecule has 1 aliphatic rings. The van der Waals surface area contributed by atoms with Crippen molar-refractivity contribution in [3.05, 3.63) is 53.9 Å². The summed E-state index contributed by atoms with van der Waals surface area (Å²) in [5, 5.41) is 10.7. The zero-order chi connectivity index (χ0) is 19.6. The summed E-state index contributed by atoms with van der Waals surface area (Å²) in [6.07, 6.45) is 1.87. The number of alkyl halides is 1. The summed E-state index contributed by atoms with van der Waals surface area (Å²) in [7, 11) is 0. The maximum atomic E-state index is 14.3. The lowest BCUT2D eigenvalue weighted by atomic mass is 10.1. The molecule has 2 amide bonds. The molecule has 146 valence electrons. The number of aryl methyl sites for hydroxylation is 1. The number of anilines is 1. The number of nitrogens with one attached hydrogen (secondary N) is 2. The van der Waals surface area contributed by atoms with Gasteiger partial charge in [-0.25, -0.2) is 18.9 Å². The number of ether oxygens (including phenoxy) is 1. The van der Waals surface area contributed by atoms with E-state index in [1.807, 2.05) is 48.0 Å². The second kappa shape index (κ2) is 7.55. The number of halogens is 1. The molecular weight excluding hydrogens is 361 g/mol. The lowest BCUT2D eigenvalue weighted by molar-refractivity contribution is 0.113. The number of carbonyl (C=O) groups is 1. The van der Waals surface area contributed by atoms with Gasteiger partial charge >= 0.3 is 6.03 Å². The van der Waals surface area contributed by atoms with Crippen molar-refractivity contribution in [1.29, 1.82) is 0 Å². The van der Waals surface area contributed by atoms with E-state index in [1.165, 1.54) is 0 Å². The van der Waals surface area contributed by atoms with E-state index in [1.54, 1.807) is 6.20 Å². The molecule has 4 rings (SSSR count). The molecule has 1 atom stereocenters. The maximum absolute atomic E-state index is 14.3. The van der Waals surface area contributed by atoms with E-state index in [0.29, 0.717) is 25.3 Å². The first kappa shape index (κ1) is 18.4. The molecule has 3 heterocycles. The molecule has 0 saturated carbocycles. The van der Waals surface area contributed by atoms with Crippen LogP contribution in [0.25, 0.3) is 11.0 Å². The summed E-state index contributed by atoms with van der Waals surface area (Å²) in [5.41, 5.74) is 1.75. The third-order valence-corrected chi connectivity index (χ3v) is 4.83. The van der Waals surface area contributed by atoms with Crippen LogP contribution in [0.4, 0.5) is 14.9 Å². The Morgan fingerprint density at radius 1 is 1.36 bits per heavy atom. The van der Waals surface area contributed by atoms with Gasteiger partial charge in [-0.15, -0.1) is 0 Å². The van der Waals surface area contributed by atoms with E-state index in [2.05, 4.69) is 20.7 Å². The van der Waals surface area contributed by atoms with Gasteiger partial charge in [0.1, 0.15) is 0 Å². The van der Waals surface area contributed by atoms with Crippen LogP contribution in [0, 0.1) is 6.92 Å². The second-order valence-corrected chi connectivity index (χ2v) is 7.08. The van der Waals surface area contributed by atoms with Crippen molar-refractivity contribution in [3.63, 3.8) is 0 Å². The maximum Gasteiger partial charge on any atom is 0.319 e. The third-order valence-electron chi connectivity index (χ3n) is 4.83. The van der Waals surface area contributed by atoms with Gasteiger partial charge in [-0.3, -0.25) is 0 Å². The summed E-state index contributed by atoms with van der Waals surface area (Å²) in [6.45, 7) is 2.84. The molecule has 0 radical (unpaired) electrons. The van der Waals surface area contributed by atoms with Crippen LogP contribution in [0.15, 0.2) is 42.6 Å². The van der Waals surface area contributed by atoms with Crippen LogP contribution in [0.1, 0.15) is 17.7 Å². The molecule has 2 aromatic heterocycles. The summed E-state index contributed by atoms with van der Waals surface area (Å²) in [5.74, 6) is 0. The highest BCUT2D eigenvalue weighted by molar-refractivity contribution is 5.92. The Hall–Kier alpha value is -3.00. The van der Waals surface area contributed by atoms with E-state index >= 15 is 0 Å². The Bertz CT molecular complexity index is 983. The van der Waals surface area contributed by atoms with E-state index in [4.69, 9.17) is 4.74 Å². The van der Waals surface area contributed by atoms with Crippen LogP contribution in [-0.2, 0) is 11.3 Å². The van der Waals surface area contributed by atoms with Crippen molar-refractivity contribution < 1.29 is 13.9 Å². The zero-order valence-corrected chi connectivity index (χ0v) is 15.6. The molecule has 1 unspecified atom stereocenters. The fourth-order valence-corrected chi connectivity index (χ4v) is 3.28. The molecule has 28 heavy (non-hydrogen) atoms. The van der Waals surface area contributed by atoms with Crippen LogP contribution >= 0.6 is 0 Å². The summed E-state index contributed by atoms with van der Waals surface area (Å²) >= 11 is 0. The molecule has 1 fully saturated rings. The Morgan fingerprint density at radius 2 is 2.18 bits per heavy atom. The highest BCUT2D eigenvalue weighted by atomic mass is 19.1. The predicted molar refractivity (Wildman–Crippen MR) is 104 cm³/mol. The minimum Gasteiger partial charge on any atom is -0.378 e. The van der Waals surface area contributed by atoms with Gasteiger partial charge in [0.25, 0.3) is 0 Å². The van der Waals surface area contributed by atoms with Crippen molar-refractivity contribution in [3.8, 4) is 0 Å². The van der Waals surface area contributed by atoms with Gasteiger partial charge in [0.05, 0.1) is 37.3 Å². The molecule has 0 bridgehead atoms. The quantitative estimate of drug-likeness (QED) is 0.710. The summed E-state index contributed by atoms with van der Waals surface area (Å²) < 4.78 is 21.2. The van der Waals surface area contributed by atoms with E-state index in [9.17, 15) is 9.18 Å². The molecule has 1 aromatic carbocycles. The first-order valence-corrected chi connectivity index (χ1v) is 9.21. The van der Waals surface area contributed by atoms with Gasteiger partial charge in [0.15, 0.2) is 11.3 Å². The standard InChI is InChI=1S/C20H22FN5O2/c1-14-17-9-16(24-19(27)23-12-20(21)7-8-28-13-20)10-22-18(17)26(25-14)11-15-5-3-2-4-6-15/h2-6,9-10H,7-8,11-13H2,1H3,(H2,23,24,27). The van der Waals surface area contributed by atoms with Gasteiger partial charge in [-0.05, 0) is 18.6 Å². The number of hydrogen-bond donors (Lipinski definition) is 2. The zero-order valence-electron chi connectivity index (χ0n) is 15.6. The molecule has 1 saturated heterocycles. The van der Waals surface area contributed by atoms with Gasteiger partial charge in [0, 0.05) is 18.4 Å². The van der Waals surface area contributed by atoms with Crippen LogP contribution < -0.4 is 10.6 Å². The van der Waals surface area contributed by atoms with E-state index in [0.717, 1.165) is 22.3 Å². The van der Waals surface area contributed by atoms with Crippen LogP contribution in [-0.4, -0.2) is 46.2 Å². The SMILES string of the molecule is Cc1nn(Cc2ccccc2)c2ncc(NC(=O)NCC3(F)CCOC3)cc12. The van der Waals surface area contributed by atoms with Gasteiger partial charge in [0.2, 0.25) is 0 Å². The minimum absolute atomic E-state index is 0.0145. The highest BCUT2D eigenvalue weighted by Gasteiger charge is 2.35. The van der Waals surface area contributed by atoms with Crippen molar-refractivity contribution in [2.75, 3.05) is 25.1 Å². The van der Waals surface area contributed by atoms with Gasteiger partial charge < -0.3 is 15.4 Å². The van der Waals surface area contributed by atoms with Crippen molar-refractivity contribution in [2.45, 2.75) is 25.6 Å². The number of benzene rings is 1. The predicted octanol–water partition coefficient (Wildman–Crippen LogP) is 3.04. The van der Waals surface area contributed by atoms with Gasteiger partial charge in [-0.2, -0.15) is 5.10 Å². The minimum atomic E-state index is -1.49. The normalized spacial score (nSPS) is 19.1. The number of fused-ring (bicyclic) bond motifs is 1. The van der Waals surface area contributed by atoms with Crippen LogP contribution in [0.3, 0.4) is 0 Å². The number of aromatic nitrogens is 3. The largest absolute Gasteiger partial charge is 0.378 e. The molecule has 3 aromatic rings. The fraction of sp³-hybridized carbons (Fsp3) is 0.350. The number of rotatable bonds is 5. The van der Waals surface area contributed by atoms with Gasteiger partial charge in [-0.1, -0.05) is 30.3 Å². The topological polar surface area (TPSA) is 81.1 Å². The third kappa shape index (κ3) is 3.96. The highest BCUT2D eigenvalue weighted by Crippen LogP contribution is 2.23. The van der Waals surface area contributed by atoms with Crippen LogP contribution in [0.5, 0.6) is 0 Å². The second-order valence-electron chi connectivity index (χ2n) is 7.08. The Labute approximate surface area is 161 Å². The number of carbonyl (C=O) groups excluding carboxylic acids is 1. The molecule has 0 aliphatic carbocycles. The van der Waals surface area contributed by atoms with Crippen molar-refractivity contribution >= 4 is 22.8 Å². The van der Waals surface area contributed by atoms with Crippen LogP contribution in [0.2, 0.25) is 0 Å². The molecule has 2 N–H and O–H groups in total. The Morgan fingerprint density at radius 3 is 2.93 bits per heavy atom. The molecule has 8 heteroatoms. The van der Waals surface area contributed by atoms with E-state index in [-0.39, 0.29) is 13.2 Å². The van der Waals surface area contributed by atoms with E-state index < -0.39 is 11.7 Å². The molecular formula is C20H22FN5O2. The molecule has 1 aliphatic heterocycles. The average Bonchev–Trinajstić information content (AvgIpc) is 3.25. The lowest BCUT2D eigenvalue weighted by Crippen LogP contribution is -2.41. The average molecular weight is 383 g/mol. The monoisotopic (exact) mass is 383 g/mol. The molecule has 7 nitrogen and oxygen atoms in total. The number of hydrogen-bond acceptors (Lipinski definition) is 4. The Balaban J connectivity index is 1.45. The first-order chi connectivity index (χ1) is 13.5. The van der Waals surface area contributed by atoms with Crippen molar-refractivity contribution in [2.24, 2.45) is 0 Å². The summed E-state index contributed by atoms with van der Waals surface area (Å²) in [6, 6.07) is 11.4. The summed E-state index contributed by atoms with van der Waals surface area (Å²) in [4.78, 5) is 16.6. The fourth-order valence-electron chi connectivity index (χ4n) is 3.28. The molecule has 0 spiro atoms. The number of nitrogens with zero attached hydrogens (tertiary/aromatic N) is 3. The number of pyridine rings is 1. The van der Waals surface area contributed by atoms with Crippen molar-refractivity contribution in [1.82, 2.24) is 20.1 Å². The smallest absolute Gasteiger partial charge is 0.319 e. The first-order valence-electron chi connectivity index (χ1n) is 9.21. The number of amides is 2. The Kier molecular flexibility index (Phi) is 4.95. The number of urea groups is 1.